The number of tetrazole rings is 1. The smallest absolute Gasteiger partial charge is 0.164 e. The summed E-state index contributed by atoms with van der Waals surface area (Å²) in [5.74, 6) is 0.692. The predicted molar refractivity (Wildman–Crippen MR) is 54.5 cm³/mol. The molecule has 0 aliphatic rings. The van der Waals surface area contributed by atoms with Crippen LogP contribution in [0.15, 0.2) is 15.9 Å². The SMILES string of the molecule is CCn1nnc(-c2ccc(Br)s2)n1. The predicted octanol–water partition coefficient (Wildman–Crippen LogP) is 2.18. The first-order valence-electron chi connectivity index (χ1n) is 3.83. The molecule has 68 valence electrons. The fourth-order valence-corrected chi connectivity index (χ4v) is 2.22. The molecule has 0 amide bonds. The van der Waals surface area contributed by atoms with Gasteiger partial charge in [-0.05, 0) is 40.2 Å². The van der Waals surface area contributed by atoms with Crippen molar-refractivity contribution in [3.63, 3.8) is 0 Å². The van der Waals surface area contributed by atoms with Crippen LogP contribution >= 0.6 is 27.3 Å². The molecule has 2 rings (SSSR count). The molecule has 0 N–H and O–H groups in total. The van der Waals surface area contributed by atoms with Gasteiger partial charge >= 0.3 is 0 Å². The summed E-state index contributed by atoms with van der Waals surface area (Å²) in [5, 5.41) is 12.0. The van der Waals surface area contributed by atoms with Crippen molar-refractivity contribution >= 4 is 27.3 Å². The number of rotatable bonds is 2. The van der Waals surface area contributed by atoms with Gasteiger partial charge in [0.25, 0.3) is 0 Å². The Balaban J connectivity index is 2.35. The maximum atomic E-state index is 4.20. The molecular weight excluding hydrogens is 252 g/mol. The standard InChI is InChI=1S/C7H7BrN4S/c1-2-12-10-7(9-11-12)5-3-4-6(8)13-5/h3-4H,2H2,1H3. The van der Waals surface area contributed by atoms with Gasteiger partial charge in [0, 0.05) is 0 Å². The van der Waals surface area contributed by atoms with Crippen molar-refractivity contribution in [2.24, 2.45) is 0 Å². The van der Waals surface area contributed by atoms with Crippen molar-refractivity contribution in [2.45, 2.75) is 13.5 Å². The van der Waals surface area contributed by atoms with Gasteiger partial charge in [0.1, 0.15) is 0 Å². The molecule has 0 radical (unpaired) electrons. The summed E-state index contributed by atoms with van der Waals surface area (Å²) >= 11 is 4.99. The zero-order valence-corrected chi connectivity index (χ0v) is 9.34. The zero-order chi connectivity index (χ0) is 9.26. The van der Waals surface area contributed by atoms with E-state index in [0.717, 1.165) is 15.2 Å². The third kappa shape index (κ3) is 1.78. The second-order valence-corrected chi connectivity index (χ2v) is 4.87. The molecule has 2 aromatic rings. The van der Waals surface area contributed by atoms with E-state index in [1.54, 1.807) is 16.1 Å². The first-order valence-corrected chi connectivity index (χ1v) is 5.44. The summed E-state index contributed by atoms with van der Waals surface area (Å²) in [6, 6.07) is 3.96. The molecule has 4 nitrogen and oxygen atoms in total. The molecule has 0 saturated carbocycles. The molecule has 0 fully saturated rings. The van der Waals surface area contributed by atoms with E-state index in [1.165, 1.54) is 0 Å². The first-order chi connectivity index (χ1) is 6.29. The van der Waals surface area contributed by atoms with Crippen LogP contribution < -0.4 is 0 Å². The molecule has 0 saturated heterocycles. The third-order valence-electron chi connectivity index (χ3n) is 1.53. The van der Waals surface area contributed by atoms with Crippen molar-refractivity contribution in [3.05, 3.63) is 15.9 Å². The van der Waals surface area contributed by atoms with Gasteiger partial charge in [-0.25, -0.2) is 0 Å². The van der Waals surface area contributed by atoms with E-state index in [0.29, 0.717) is 5.82 Å². The molecule has 0 aliphatic carbocycles. The van der Waals surface area contributed by atoms with Gasteiger partial charge in [0.05, 0.1) is 15.2 Å². The Morgan fingerprint density at radius 3 is 2.92 bits per heavy atom. The van der Waals surface area contributed by atoms with Gasteiger partial charge in [-0.15, -0.1) is 21.5 Å². The van der Waals surface area contributed by atoms with Crippen LogP contribution in [0.3, 0.4) is 0 Å². The summed E-state index contributed by atoms with van der Waals surface area (Å²) < 4.78 is 1.08. The summed E-state index contributed by atoms with van der Waals surface area (Å²) in [7, 11) is 0. The molecule has 2 heterocycles. The highest BCUT2D eigenvalue weighted by atomic mass is 79.9. The van der Waals surface area contributed by atoms with E-state index < -0.39 is 0 Å². The summed E-state index contributed by atoms with van der Waals surface area (Å²) in [6.07, 6.45) is 0. The molecule has 13 heavy (non-hydrogen) atoms. The second-order valence-electron chi connectivity index (χ2n) is 2.41. The monoisotopic (exact) mass is 258 g/mol. The largest absolute Gasteiger partial charge is 0.214 e. The van der Waals surface area contributed by atoms with Crippen LogP contribution in [-0.4, -0.2) is 20.2 Å². The van der Waals surface area contributed by atoms with Gasteiger partial charge < -0.3 is 0 Å². The molecule has 0 aliphatic heterocycles. The van der Waals surface area contributed by atoms with Gasteiger partial charge in [-0.2, -0.15) is 4.80 Å². The molecule has 2 aromatic heterocycles. The summed E-state index contributed by atoms with van der Waals surface area (Å²) in [5.41, 5.74) is 0. The van der Waals surface area contributed by atoms with E-state index in [9.17, 15) is 0 Å². The van der Waals surface area contributed by atoms with Crippen LogP contribution in [-0.2, 0) is 6.54 Å². The first kappa shape index (κ1) is 8.83. The van der Waals surface area contributed by atoms with Crippen molar-refractivity contribution in [1.29, 1.82) is 0 Å². The third-order valence-corrected chi connectivity index (χ3v) is 3.15. The number of thiophene rings is 1. The minimum absolute atomic E-state index is 0.692. The number of aryl methyl sites for hydroxylation is 1. The van der Waals surface area contributed by atoms with Gasteiger partial charge in [-0.1, -0.05) is 0 Å². The van der Waals surface area contributed by atoms with E-state index in [4.69, 9.17) is 0 Å². The zero-order valence-electron chi connectivity index (χ0n) is 6.94. The van der Waals surface area contributed by atoms with E-state index in [-0.39, 0.29) is 0 Å². The van der Waals surface area contributed by atoms with E-state index >= 15 is 0 Å². The van der Waals surface area contributed by atoms with Crippen molar-refractivity contribution in [3.8, 4) is 10.7 Å². The normalized spacial score (nSPS) is 10.6. The minimum Gasteiger partial charge on any atom is -0.164 e. The number of hydrogen-bond acceptors (Lipinski definition) is 4. The van der Waals surface area contributed by atoms with Crippen molar-refractivity contribution < 1.29 is 0 Å². The molecule has 0 aromatic carbocycles. The molecule has 0 spiro atoms. The number of hydrogen-bond donors (Lipinski definition) is 0. The lowest BCUT2D eigenvalue weighted by Crippen LogP contribution is -1.98. The molecular formula is C7H7BrN4S. The fourth-order valence-electron chi connectivity index (χ4n) is 0.910. The van der Waals surface area contributed by atoms with Gasteiger partial charge in [0.15, 0.2) is 0 Å². The Labute approximate surface area is 87.7 Å². The maximum Gasteiger partial charge on any atom is 0.214 e. The van der Waals surface area contributed by atoms with E-state index in [2.05, 4.69) is 31.3 Å². The second kappa shape index (κ2) is 3.55. The maximum absolute atomic E-state index is 4.20. The lowest BCUT2D eigenvalue weighted by atomic mass is 10.5. The molecule has 0 unspecified atom stereocenters. The molecule has 0 bridgehead atoms. The van der Waals surface area contributed by atoms with Crippen LogP contribution in [0.2, 0.25) is 0 Å². The Bertz CT molecular complexity index is 408. The fraction of sp³-hybridized carbons (Fsp3) is 0.286. The number of nitrogens with zero attached hydrogens (tertiary/aromatic N) is 4. The Hall–Kier alpha value is -0.750. The van der Waals surface area contributed by atoms with Crippen LogP contribution in [0.1, 0.15) is 6.92 Å². The van der Waals surface area contributed by atoms with Crippen molar-refractivity contribution in [2.75, 3.05) is 0 Å². The van der Waals surface area contributed by atoms with Crippen molar-refractivity contribution in [1.82, 2.24) is 20.2 Å². The highest BCUT2D eigenvalue weighted by Crippen LogP contribution is 2.28. The lowest BCUT2D eigenvalue weighted by Gasteiger charge is -1.86. The lowest BCUT2D eigenvalue weighted by molar-refractivity contribution is 0.553. The average Bonchev–Trinajstić information content (AvgIpc) is 2.71. The van der Waals surface area contributed by atoms with E-state index in [1.807, 2.05) is 19.1 Å². The highest BCUT2D eigenvalue weighted by Gasteiger charge is 2.06. The molecule has 0 atom stereocenters. The molecule has 6 heteroatoms. The Morgan fingerprint density at radius 1 is 1.54 bits per heavy atom. The highest BCUT2D eigenvalue weighted by molar-refractivity contribution is 9.11. The average molecular weight is 259 g/mol. The number of aromatic nitrogens is 4. The van der Waals surface area contributed by atoms with Gasteiger partial charge in [-0.3, -0.25) is 0 Å². The number of halogens is 1. The Kier molecular flexibility index (Phi) is 2.41. The summed E-state index contributed by atoms with van der Waals surface area (Å²) in [6.45, 7) is 2.73. The Morgan fingerprint density at radius 2 is 2.38 bits per heavy atom. The topological polar surface area (TPSA) is 43.6 Å². The van der Waals surface area contributed by atoms with Crippen LogP contribution in [0.4, 0.5) is 0 Å². The minimum atomic E-state index is 0.692. The van der Waals surface area contributed by atoms with Crippen LogP contribution in [0, 0.1) is 0 Å². The summed E-state index contributed by atoms with van der Waals surface area (Å²) in [4.78, 5) is 2.61. The quantitative estimate of drug-likeness (QED) is 0.830. The van der Waals surface area contributed by atoms with Crippen LogP contribution in [0.25, 0.3) is 10.7 Å². The van der Waals surface area contributed by atoms with Gasteiger partial charge in [0.2, 0.25) is 5.82 Å². The van der Waals surface area contributed by atoms with Crippen LogP contribution in [0.5, 0.6) is 0 Å².